The maximum absolute atomic E-state index is 12.4. The molecular formula is C25H25ClN4O3. The Morgan fingerprint density at radius 2 is 2.00 bits per heavy atom. The summed E-state index contributed by atoms with van der Waals surface area (Å²) in [6.07, 6.45) is 4.94. The fourth-order valence-corrected chi connectivity index (χ4v) is 4.31. The monoisotopic (exact) mass is 464 g/mol. The Balaban J connectivity index is 1.20. The van der Waals surface area contributed by atoms with Crippen LogP contribution < -0.4 is 15.6 Å². The van der Waals surface area contributed by atoms with Crippen LogP contribution in [0.25, 0.3) is 10.9 Å². The van der Waals surface area contributed by atoms with Crippen molar-refractivity contribution in [3.05, 3.63) is 69.2 Å². The number of aryl methyl sites for hydroxylation is 1. The summed E-state index contributed by atoms with van der Waals surface area (Å²) < 4.78 is 6.00. The zero-order valence-electron chi connectivity index (χ0n) is 18.1. The molecule has 0 unspecified atom stereocenters. The molecule has 4 rings (SSSR count). The first kappa shape index (κ1) is 22.8. The third-order valence-electron chi connectivity index (χ3n) is 5.88. The van der Waals surface area contributed by atoms with Gasteiger partial charge in [0, 0.05) is 18.9 Å². The molecule has 170 valence electrons. The number of para-hydroxylation sites is 1. The Kier molecular flexibility index (Phi) is 7.26. The number of nitriles is 1. The molecule has 1 saturated carbocycles. The first-order chi connectivity index (χ1) is 16.0. The third kappa shape index (κ3) is 5.91. The van der Waals surface area contributed by atoms with Gasteiger partial charge in [-0.15, -0.1) is 0 Å². The molecule has 0 saturated heterocycles. The van der Waals surface area contributed by atoms with Crippen LogP contribution in [0.3, 0.4) is 0 Å². The predicted octanol–water partition coefficient (Wildman–Crippen LogP) is 4.28. The van der Waals surface area contributed by atoms with Crippen LogP contribution in [0.2, 0.25) is 5.02 Å². The van der Waals surface area contributed by atoms with Gasteiger partial charge < -0.3 is 15.0 Å². The number of nitrogens with zero attached hydrogens (tertiary/aromatic N) is 2. The van der Waals surface area contributed by atoms with Gasteiger partial charge in [-0.05, 0) is 62.4 Å². The molecule has 0 radical (unpaired) electrons. The molecule has 1 fully saturated rings. The Morgan fingerprint density at radius 1 is 1.21 bits per heavy atom. The molecule has 1 amide bonds. The quantitative estimate of drug-likeness (QED) is 0.542. The van der Waals surface area contributed by atoms with E-state index in [-0.39, 0.29) is 23.6 Å². The second-order valence-corrected chi connectivity index (χ2v) is 8.70. The maximum Gasteiger partial charge on any atom is 0.258 e. The van der Waals surface area contributed by atoms with E-state index in [1.54, 1.807) is 24.3 Å². The smallest absolute Gasteiger partial charge is 0.258 e. The highest BCUT2D eigenvalue weighted by Crippen LogP contribution is 2.27. The number of carbonyl (C=O) groups excluding carboxylic acids is 1. The standard InChI is InChI=1S/C25H25ClN4O3/c26-21-13-12-19(14-16(21)15-27)33-18-10-8-17(9-11-18)28-24(31)7-3-6-23-29-22-5-2-1-4-20(22)25(32)30-23/h1-2,4-5,12-14,17-18H,3,6-11H2,(H,28,31)(H,29,30,32). The molecule has 0 atom stereocenters. The van der Waals surface area contributed by atoms with Gasteiger partial charge in [0.05, 0.1) is 27.6 Å². The molecule has 8 heteroatoms. The summed E-state index contributed by atoms with van der Waals surface area (Å²) >= 11 is 5.97. The summed E-state index contributed by atoms with van der Waals surface area (Å²) in [5, 5.41) is 13.2. The normalized spacial score (nSPS) is 17.9. The fraction of sp³-hybridized carbons (Fsp3) is 0.360. The minimum Gasteiger partial charge on any atom is -0.490 e. The van der Waals surface area contributed by atoms with Gasteiger partial charge in [-0.1, -0.05) is 23.7 Å². The molecule has 7 nitrogen and oxygen atoms in total. The van der Waals surface area contributed by atoms with E-state index < -0.39 is 0 Å². The second-order valence-electron chi connectivity index (χ2n) is 8.30. The Hall–Kier alpha value is -3.37. The van der Waals surface area contributed by atoms with Gasteiger partial charge in [0.1, 0.15) is 17.6 Å². The van der Waals surface area contributed by atoms with E-state index in [0.717, 1.165) is 25.7 Å². The number of H-pyrrole nitrogens is 1. The highest BCUT2D eigenvalue weighted by molar-refractivity contribution is 6.31. The van der Waals surface area contributed by atoms with Gasteiger partial charge >= 0.3 is 0 Å². The topological polar surface area (TPSA) is 108 Å². The van der Waals surface area contributed by atoms with Crippen molar-refractivity contribution < 1.29 is 9.53 Å². The largest absolute Gasteiger partial charge is 0.490 e. The Bertz CT molecular complexity index is 1240. The number of benzene rings is 2. The molecule has 1 aliphatic rings. The van der Waals surface area contributed by atoms with E-state index in [0.29, 0.717) is 52.3 Å². The fourth-order valence-electron chi connectivity index (χ4n) is 4.15. The van der Waals surface area contributed by atoms with Gasteiger partial charge in [0.25, 0.3) is 5.56 Å². The summed E-state index contributed by atoms with van der Waals surface area (Å²) in [6, 6.07) is 14.5. The first-order valence-corrected chi connectivity index (χ1v) is 11.5. The highest BCUT2D eigenvalue weighted by Gasteiger charge is 2.23. The lowest BCUT2D eigenvalue weighted by atomic mass is 9.92. The molecule has 2 aromatic carbocycles. The maximum atomic E-state index is 12.4. The summed E-state index contributed by atoms with van der Waals surface area (Å²) in [4.78, 5) is 31.8. The summed E-state index contributed by atoms with van der Waals surface area (Å²) in [5.41, 5.74) is 0.918. The number of aromatic amines is 1. The van der Waals surface area contributed by atoms with Crippen molar-refractivity contribution in [1.29, 1.82) is 5.26 Å². The molecule has 1 heterocycles. The highest BCUT2D eigenvalue weighted by atomic mass is 35.5. The average molecular weight is 465 g/mol. The zero-order chi connectivity index (χ0) is 23.2. The number of aromatic nitrogens is 2. The van der Waals surface area contributed by atoms with E-state index in [4.69, 9.17) is 21.6 Å². The lowest BCUT2D eigenvalue weighted by molar-refractivity contribution is -0.122. The minimum atomic E-state index is -0.151. The van der Waals surface area contributed by atoms with E-state index in [1.165, 1.54) is 0 Å². The number of carbonyl (C=O) groups is 1. The van der Waals surface area contributed by atoms with Gasteiger partial charge in [0.15, 0.2) is 0 Å². The Morgan fingerprint density at radius 3 is 2.79 bits per heavy atom. The third-order valence-corrected chi connectivity index (χ3v) is 6.21. The summed E-state index contributed by atoms with van der Waals surface area (Å²) in [5.74, 6) is 1.26. The van der Waals surface area contributed by atoms with Gasteiger partial charge in [-0.2, -0.15) is 5.26 Å². The minimum absolute atomic E-state index is 0.0128. The predicted molar refractivity (Wildman–Crippen MR) is 126 cm³/mol. The summed E-state index contributed by atoms with van der Waals surface area (Å²) in [6.45, 7) is 0. The number of ether oxygens (including phenoxy) is 1. The molecule has 0 bridgehead atoms. The van der Waals surface area contributed by atoms with Crippen molar-refractivity contribution in [3.8, 4) is 11.8 Å². The van der Waals surface area contributed by atoms with Gasteiger partial charge in [-0.25, -0.2) is 4.98 Å². The number of rotatable bonds is 7. The molecular weight excluding hydrogens is 440 g/mol. The molecule has 1 aliphatic carbocycles. The SMILES string of the molecule is N#Cc1cc(OC2CCC(NC(=O)CCCc3nc4ccccc4c(=O)[nH]3)CC2)ccc1Cl. The van der Waals surface area contributed by atoms with Crippen molar-refractivity contribution in [2.75, 3.05) is 0 Å². The van der Waals surface area contributed by atoms with Gasteiger partial charge in [0.2, 0.25) is 5.91 Å². The van der Waals surface area contributed by atoms with Crippen molar-refractivity contribution >= 4 is 28.4 Å². The number of hydrogen-bond acceptors (Lipinski definition) is 5. The van der Waals surface area contributed by atoms with Crippen LogP contribution in [0.4, 0.5) is 0 Å². The number of halogens is 1. The van der Waals surface area contributed by atoms with E-state index in [1.807, 2.05) is 18.2 Å². The van der Waals surface area contributed by atoms with Crippen LogP contribution in [0.1, 0.15) is 49.9 Å². The molecule has 2 N–H and O–H groups in total. The number of nitrogens with one attached hydrogen (secondary N) is 2. The van der Waals surface area contributed by atoms with E-state index in [9.17, 15) is 9.59 Å². The van der Waals surface area contributed by atoms with Crippen LogP contribution in [0.15, 0.2) is 47.3 Å². The van der Waals surface area contributed by atoms with E-state index >= 15 is 0 Å². The van der Waals surface area contributed by atoms with Crippen LogP contribution in [0, 0.1) is 11.3 Å². The van der Waals surface area contributed by atoms with Crippen LogP contribution in [0.5, 0.6) is 5.75 Å². The zero-order valence-corrected chi connectivity index (χ0v) is 18.9. The van der Waals surface area contributed by atoms with Crippen molar-refractivity contribution in [3.63, 3.8) is 0 Å². The first-order valence-electron chi connectivity index (χ1n) is 11.2. The molecule has 1 aromatic heterocycles. The molecule has 0 aliphatic heterocycles. The lowest BCUT2D eigenvalue weighted by Gasteiger charge is -2.29. The number of amides is 1. The van der Waals surface area contributed by atoms with Crippen LogP contribution in [-0.2, 0) is 11.2 Å². The van der Waals surface area contributed by atoms with Crippen LogP contribution >= 0.6 is 11.6 Å². The van der Waals surface area contributed by atoms with Crippen molar-refractivity contribution in [2.45, 2.75) is 57.1 Å². The second kappa shape index (κ2) is 10.5. The Labute approximate surface area is 196 Å². The molecule has 33 heavy (non-hydrogen) atoms. The number of hydrogen-bond donors (Lipinski definition) is 2. The van der Waals surface area contributed by atoms with Crippen molar-refractivity contribution in [2.24, 2.45) is 0 Å². The molecule has 3 aromatic rings. The molecule has 0 spiro atoms. The lowest BCUT2D eigenvalue weighted by Crippen LogP contribution is -2.39. The summed E-state index contributed by atoms with van der Waals surface area (Å²) in [7, 11) is 0. The van der Waals surface area contributed by atoms with Crippen LogP contribution in [-0.4, -0.2) is 28.0 Å². The average Bonchev–Trinajstić information content (AvgIpc) is 2.81. The van der Waals surface area contributed by atoms with Gasteiger partial charge in [-0.3, -0.25) is 9.59 Å². The van der Waals surface area contributed by atoms with E-state index in [2.05, 4.69) is 21.4 Å². The van der Waals surface area contributed by atoms with Crippen molar-refractivity contribution in [1.82, 2.24) is 15.3 Å². The number of fused-ring (bicyclic) bond motifs is 1.